The summed E-state index contributed by atoms with van der Waals surface area (Å²) >= 11 is 0. The van der Waals surface area contributed by atoms with Gasteiger partial charge < -0.3 is 10.2 Å². The Balaban J connectivity index is 1.56. The van der Waals surface area contributed by atoms with Crippen molar-refractivity contribution in [3.8, 4) is 0 Å². The van der Waals surface area contributed by atoms with E-state index >= 15 is 0 Å². The van der Waals surface area contributed by atoms with Crippen molar-refractivity contribution in [1.29, 1.82) is 0 Å². The van der Waals surface area contributed by atoms with E-state index in [1.807, 2.05) is 25.1 Å². The number of nitrogens with one attached hydrogen (secondary N) is 1. The van der Waals surface area contributed by atoms with E-state index in [2.05, 4.69) is 21.4 Å². The van der Waals surface area contributed by atoms with Crippen LogP contribution in [0.3, 0.4) is 0 Å². The molecular weight excluding hydrogens is 355 g/mol. The molecule has 0 saturated carbocycles. The number of aryl methyl sites for hydroxylation is 1. The van der Waals surface area contributed by atoms with Gasteiger partial charge in [0.1, 0.15) is 23.2 Å². The third-order valence-electron chi connectivity index (χ3n) is 4.87. The molecule has 0 saturated heterocycles. The summed E-state index contributed by atoms with van der Waals surface area (Å²) in [6.45, 7) is 4.29. The van der Waals surface area contributed by atoms with Crippen LogP contribution in [0.25, 0.3) is 0 Å². The van der Waals surface area contributed by atoms with Crippen molar-refractivity contribution in [3.05, 3.63) is 83.1 Å². The van der Waals surface area contributed by atoms with Crippen LogP contribution < -0.4 is 10.2 Å². The number of carbonyl (C=O) groups is 1. The van der Waals surface area contributed by atoms with Crippen molar-refractivity contribution < 1.29 is 9.18 Å². The maximum atomic E-state index is 13.2. The van der Waals surface area contributed by atoms with Crippen LogP contribution >= 0.6 is 0 Å². The van der Waals surface area contributed by atoms with Gasteiger partial charge in [-0.05, 0) is 49.6 Å². The lowest BCUT2D eigenvalue weighted by Gasteiger charge is -2.22. The smallest absolute Gasteiger partial charge is 0.277 e. The van der Waals surface area contributed by atoms with Crippen molar-refractivity contribution in [1.82, 2.24) is 9.97 Å². The third-order valence-corrected chi connectivity index (χ3v) is 4.87. The van der Waals surface area contributed by atoms with Gasteiger partial charge in [0.15, 0.2) is 0 Å². The average Bonchev–Trinajstić information content (AvgIpc) is 3.02. The van der Waals surface area contributed by atoms with Gasteiger partial charge in [-0.1, -0.05) is 30.3 Å². The van der Waals surface area contributed by atoms with Gasteiger partial charge in [-0.2, -0.15) is 0 Å². The van der Waals surface area contributed by atoms with Gasteiger partial charge in [-0.25, -0.2) is 14.4 Å². The molecule has 5 nitrogen and oxygen atoms in total. The highest BCUT2D eigenvalue weighted by Gasteiger charge is 2.32. The first-order valence-electron chi connectivity index (χ1n) is 9.27. The summed E-state index contributed by atoms with van der Waals surface area (Å²) in [5, 5.41) is 3.19. The predicted octanol–water partition coefficient (Wildman–Crippen LogP) is 4.13. The van der Waals surface area contributed by atoms with E-state index in [9.17, 15) is 9.18 Å². The largest absolute Gasteiger partial charge is 0.366 e. The molecule has 142 valence electrons. The van der Waals surface area contributed by atoms with E-state index in [-0.39, 0.29) is 17.8 Å². The molecule has 28 heavy (non-hydrogen) atoms. The van der Waals surface area contributed by atoms with Crippen LogP contribution in [0.4, 0.5) is 15.9 Å². The number of amides is 1. The Kier molecular flexibility index (Phi) is 4.77. The zero-order valence-corrected chi connectivity index (χ0v) is 15.8. The number of benzene rings is 2. The molecule has 1 unspecified atom stereocenters. The first-order valence-corrected chi connectivity index (χ1v) is 9.27. The fourth-order valence-electron chi connectivity index (χ4n) is 3.56. The normalized spacial score (nSPS) is 15.4. The second-order valence-corrected chi connectivity index (χ2v) is 7.02. The molecule has 1 aliphatic rings. The van der Waals surface area contributed by atoms with Crippen LogP contribution in [0, 0.1) is 12.7 Å². The quantitative estimate of drug-likeness (QED) is 0.744. The molecule has 0 bridgehead atoms. The lowest BCUT2D eigenvalue weighted by Crippen LogP contribution is -2.36. The molecule has 1 amide bonds. The third kappa shape index (κ3) is 3.58. The molecule has 2 heterocycles. The Hall–Kier alpha value is -3.28. The standard InChI is InChI=1S/C22H21FN4O/c1-14-11-17-5-3-4-6-20(17)27(14)22(28)19-12-21(26-15(2)25-19)24-13-16-7-9-18(23)10-8-16/h3-10,12,14H,11,13H2,1-2H3,(H,24,25,26). The van der Waals surface area contributed by atoms with E-state index in [1.54, 1.807) is 30.0 Å². The number of fused-ring (bicyclic) bond motifs is 1. The number of aromatic nitrogens is 2. The Morgan fingerprint density at radius 1 is 1.18 bits per heavy atom. The van der Waals surface area contributed by atoms with E-state index in [0.29, 0.717) is 23.9 Å². The van der Waals surface area contributed by atoms with Gasteiger partial charge in [0.25, 0.3) is 5.91 Å². The van der Waals surface area contributed by atoms with Crippen molar-refractivity contribution in [2.75, 3.05) is 10.2 Å². The van der Waals surface area contributed by atoms with Crippen LogP contribution in [0.15, 0.2) is 54.6 Å². The summed E-state index contributed by atoms with van der Waals surface area (Å²) in [6.07, 6.45) is 0.835. The Morgan fingerprint density at radius 2 is 1.93 bits per heavy atom. The summed E-state index contributed by atoms with van der Waals surface area (Å²) in [5.41, 5.74) is 3.39. The predicted molar refractivity (Wildman–Crippen MR) is 107 cm³/mol. The van der Waals surface area contributed by atoms with E-state index in [1.165, 1.54) is 17.7 Å². The molecular formula is C22H21FN4O. The molecule has 0 fully saturated rings. The number of anilines is 2. The summed E-state index contributed by atoms with van der Waals surface area (Å²) < 4.78 is 13.0. The minimum Gasteiger partial charge on any atom is -0.366 e. The maximum Gasteiger partial charge on any atom is 0.277 e. The lowest BCUT2D eigenvalue weighted by atomic mass is 10.1. The molecule has 1 atom stereocenters. The van der Waals surface area contributed by atoms with Gasteiger partial charge in [0.05, 0.1) is 0 Å². The number of hydrogen-bond donors (Lipinski definition) is 1. The number of halogens is 1. The van der Waals surface area contributed by atoms with E-state index < -0.39 is 0 Å². The van der Waals surface area contributed by atoms with Gasteiger partial charge in [0, 0.05) is 24.3 Å². The summed E-state index contributed by atoms with van der Waals surface area (Å²) in [5.74, 6) is 0.690. The fraction of sp³-hybridized carbons (Fsp3) is 0.227. The minimum absolute atomic E-state index is 0.0794. The van der Waals surface area contributed by atoms with E-state index in [0.717, 1.165) is 17.7 Å². The zero-order chi connectivity index (χ0) is 19.7. The molecule has 1 aliphatic heterocycles. The molecule has 0 spiro atoms. The van der Waals surface area contributed by atoms with Crippen molar-refractivity contribution in [2.45, 2.75) is 32.9 Å². The Labute approximate surface area is 163 Å². The molecule has 2 aromatic carbocycles. The Bertz CT molecular complexity index is 1020. The topological polar surface area (TPSA) is 58.1 Å². The highest BCUT2D eigenvalue weighted by molar-refractivity contribution is 6.06. The van der Waals surface area contributed by atoms with Gasteiger partial charge >= 0.3 is 0 Å². The molecule has 1 aromatic heterocycles. The van der Waals surface area contributed by atoms with Crippen LogP contribution in [0.5, 0.6) is 0 Å². The zero-order valence-electron chi connectivity index (χ0n) is 15.8. The fourth-order valence-corrected chi connectivity index (χ4v) is 3.56. The number of carbonyl (C=O) groups excluding carboxylic acids is 1. The first-order chi connectivity index (χ1) is 13.5. The molecule has 3 aromatic rings. The van der Waals surface area contributed by atoms with Crippen LogP contribution in [-0.2, 0) is 13.0 Å². The second-order valence-electron chi connectivity index (χ2n) is 7.02. The molecule has 0 aliphatic carbocycles. The average molecular weight is 376 g/mol. The maximum absolute atomic E-state index is 13.2. The lowest BCUT2D eigenvalue weighted by molar-refractivity contribution is 0.0976. The molecule has 4 rings (SSSR count). The minimum atomic E-state index is -0.269. The molecule has 0 radical (unpaired) electrons. The number of rotatable bonds is 4. The number of para-hydroxylation sites is 1. The SMILES string of the molecule is Cc1nc(NCc2ccc(F)cc2)cc(C(=O)N2c3ccccc3CC2C)n1. The highest BCUT2D eigenvalue weighted by Crippen LogP contribution is 2.33. The number of hydrogen-bond acceptors (Lipinski definition) is 4. The van der Waals surface area contributed by atoms with Crippen LogP contribution in [0.2, 0.25) is 0 Å². The molecule has 1 N–H and O–H groups in total. The molecule has 6 heteroatoms. The monoisotopic (exact) mass is 376 g/mol. The number of nitrogens with zero attached hydrogens (tertiary/aromatic N) is 3. The van der Waals surface area contributed by atoms with Crippen molar-refractivity contribution in [2.24, 2.45) is 0 Å². The van der Waals surface area contributed by atoms with Crippen molar-refractivity contribution in [3.63, 3.8) is 0 Å². The first kappa shape index (κ1) is 18.1. The second kappa shape index (κ2) is 7.38. The van der Waals surface area contributed by atoms with Crippen LogP contribution in [-0.4, -0.2) is 21.9 Å². The van der Waals surface area contributed by atoms with E-state index in [4.69, 9.17) is 0 Å². The van der Waals surface area contributed by atoms with Gasteiger partial charge in [-0.3, -0.25) is 4.79 Å². The van der Waals surface area contributed by atoms with Crippen LogP contribution in [0.1, 0.15) is 34.4 Å². The Morgan fingerprint density at radius 3 is 2.71 bits per heavy atom. The van der Waals surface area contributed by atoms with Gasteiger partial charge in [0.2, 0.25) is 0 Å². The summed E-state index contributed by atoms with van der Waals surface area (Å²) in [6, 6.07) is 16.0. The summed E-state index contributed by atoms with van der Waals surface area (Å²) in [4.78, 5) is 23.7. The van der Waals surface area contributed by atoms with Gasteiger partial charge in [-0.15, -0.1) is 0 Å². The van der Waals surface area contributed by atoms with Crippen molar-refractivity contribution >= 4 is 17.4 Å². The summed E-state index contributed by atoms with van der Waals surface area (Å²) in [7, 11) is 0. The highest BCUT2D eigenvalue weighted by atomic mass is 19.1.